The van der Waals surface area contributed by atoms with Gasteiger partial charge in [-0.3, -0.25) is 4.90 Å². The maximum atomic E-state index is 5.96. The van der Waals surface area contributed by atoms with Crippen LogP contribution in [0.2, 0.25) is 0 Å². The van der Waals surface area contributed by atoms with E-state index < -0.39 is 0 Å². The number of fused-ring (bicyclic) bond motifs is 1. The molecule has 2 aromatic heterocycles. The Kier molecular flexibility index (Phi) is 4.12. The molecular weight excluding hydrogens is 286 g/mol. The van der Waals surface area contributed by atoms with Crippen molar-refractivity contribution in [3.63, 3.8) is 0 Å². The lowest BCUT2D eigenvalue weighted by Gasteiger charge is -2.35. The van der Waals surface area contributed by atoms with Crippen LogP contribution in [0.3, 0.4) is 0 Å². The Bertz CT molecular complexity index is 664. The predicted molar refractivity (Wildman–Crippen MR) is 92.2 cm³/mol. The standard InChI is InChI=1S/C19H27N3O/c1-13-9-14(2)11-22(10-13)12-16-15-5-3-7-20-19(15)21-18(16)17-6-4-8-23-17/h3,5,7,13-14,17H,4,6,8-12H2,1-2H3,(H,20,21)/t13?,14?,17-/m0/s1. The lowest BCUT2D eigenvalue weighted by Crippen LogP contribution is -2.38. The van der Waals surface area contributed by atoms with E-state index in [9.17, 15) is 0 Å². The Morgan fingerprint density at radius 2 is 2.13 bits per heavy atom. The monoisotopic (exact) mass is 313 g/mol. The number of piperidine rings is 1. The fourth-order valence-electron chi connectivity index (χ4n) is 4.49. The maximum absolute atomic E-state index is 5.96. The molecule has 0 aromatic carbocycles. The summed E-state index contributed by atoms with van der Waals surface area (Å²) >= 11 is 0. The van der Waals surface area contributed by atoms with E-state index in [0.29, 0.717) is 0 Å². The summed E-state index contributed by atoms with van der Waals surface area (Å²) in [6.07, 6.45) is 5.72. The number of nitrogens with zero attached hydrogens (tertiary/aromatic N) is 2. The van der Waals surface area contributed by atoms with Crippen LogP contribution in [0.25, 0.3) is 11.0 Å². The molecule has 2 saturated heterocycles. The van der Waals surface area contributed by atoms with Gasteiger partial charge in [-0.15, -0.1) is 0 Å². The van der Waals surface area contributed by atoms with Crippen molar-refractivity contribution in [2.24, 2.45) is 11.8 Å². The number of H-pyrrole nitrogens is 1. The summed E-state index contributed by atoms with van der Waals surface area (Å²) in [4.78, 5) is 10.7. The normalized spacial score (nSPS) is 29.4. The molecule has 0 bridgehead atoms. The molecule has 124 valence electrons. The summed E-state index contributed by atoms with van der Waals surface area (Å²) in [7, 11) is 0. The van der Waals surface area contributed by atoms with E-state index in [2.05, 4.69) is 34.8 Å². The van der Waals surface area contributed by atoms with Gasteiger partial charge in [0, 0.05) is 37.8 Å². The van der Waals surface area contributed by atoms with Crippen molar-refractivity contribution >= 4 is 11.0 Å². The highest BCUT2D eigenvalue weighted by molar-refractivity contribution is 5.81. The van der Waals surface area contributed by atoms with Gasteiger partial charge in [0.15, 0.2) is 0 Å². The minimum absolute atomic E-state index is 0.221. The van der Waals surface area contributed by atoms with Crippen molar-refractivity contribution in [3.8, 4) is 0 Å². The van der Waals surface area contributed by atoms with Gasteiger partial charge >= 0.3 is 0 Å². The Balaban J connectivity index is 1.68. The number of hydrogen-bond acceptors (Lipinski definition) is 3. The highest BCUT2D eigenvalue weighted by Gasteiger charge is 2.27. The minimum atomic E-state index is 0.221. The number of rotatable bonds is 3. The molecule has 2 fully saturated rings. The molecule has 3 atom stereocenters. The first kappa shape index (κ1) is 15.2. The zero-order valence-electron chi connectivity index (χ0n) is 14.2. The third-order valence-electron chi connectivity index (χ3n) is 5.29. The Morgan fingerprint density at radius 3 is 2.87 bits per heavy atom. The van der Waals surface area contributed by atoms with Crippen LogP contribution in [0.5, 0.6) is 0 Å². The third kappa shape index (κ3) is 3.02. The van der Waals surface area contributed by atoms with Crippen LogP contribution in [0.1, 0.15) is 50.5 Å². The Morgan fingerprint density at radius 1 is 1.30 bits per heavy atom. The van der Waals surface area contributed by atoms with Crippen molar-refractivity contribution in [2.45, 2.75) is 45.8 Å². The molecule has 2 unspecified atom stereocenters. The average Bonchev–Trinajstić information content (AvgIpc) is 3.14. The Hall–Kier alpha value is -1.39. The van der Waals surface area contributed by atoms with E-state index in [-0.39, 0.29) is 6.10 Å². The van der Waals surface area contributed by atoms with Crippen LogP contribution in [0.15, 0.2) is 18.3 Å². The van der Waals surface area contributed by atoms with E-state index in [0.717, 1.165) is 43.5 Å². The highest BCUT2D eigenvalue weighted by atomic mass is 16.5. The maximum Gasteiger partial charge on any atom is 0.137 e. The van der Waals surface area contributed by atoms with Crippen LogP contribution < -0.4 is 0 Å². The molecule has 1 N–H and O–H groups in total. The van der Waals surface area contributed by atoms with Crippen LogP contribution in [-0.2, 0) is 11.3 Å². The lowest BCUT2D eigenvalue weighted by atomic mass is 9.91. The smallest absolute Gasteiger partial charge is 0.137 e. The number of pyridine rings is 1. The fraction of sp³-hybridized carbons (Fsp3) is 0.632. The zero-order chi connectivity index (χ0) is 15.8. The average molecular weight is 313 g/mol. The Labute approximate surface area is 138 Å². The molecule has 23 heavy (non-hydrogen) atoms. The molecule has 2 aromatic rings. The molecule has 2 aliphatic heterocycles. The first-order chi connectivity index (χ1) is 11.2. The van der Waals surface area contributed by atoms with Gasteiger partial charge in [-0.2, -0.15) is 0 Å². The quantitative estimate of drug-likeness (QED) is 0.934. The molecule has 0 radical (unpaired) electrons. The zero-order valence-corrected chi connectivity index (χ0v) is 14.2. The van der Waals surface area contributed by atoms with Crippen LogP contribution in [0, 0.1) is 11.8 Å². The molecule has 0 spiro atoms. The summed E-state index contributed by atoms with van der Waals surface area (Å²) in [6, 6.07) is 4.24. The van der Waals surface area contributed by atoms with Gasteiger partial charge in [0.1, 0.15) is 5.65 Å². The number of aromatic nitrogens is 2. The van der Waals surface area contributed by atoms with Crippen molar-refractivity contribution in [1.82, 2.24) is 14.9 Å². The van der Waals surface area contributed by atoms with Crippen LogP contribution in [-0.4, -0.2) is 34.6 Å². The third-order valence-corrected chi connectivity index (χ3v) is 5.29. The van der Waals surface area contributed by atoms with Gasteiger partial charge in [-0.1, -0.05) is 13.8 Å². The molecule has 4 nitrogen and oxygen atoms in total. The lowest BCUT2D eigenvalue weighted by molar-refractivity contribution is 0.105. The second-order valence-corrected chi connectivity index (χ2v) is 7.56. The van der Waals surface area contributed by atoms with Gasteiger partial charge < -0.3 is 9.72 Å². The van der Waals surface area contributed by atoms with E-state index in [4.69, 9.17) is 4.74 Å². The minimum Gasteiger partial charge on any atom is -0.372 e. The van der Waals surface area contributed by atoms with Gasteiger partial charge in [0.2, 0.25) is 0 Å². The topological polar surface area (TPSA) is 41.1 Å². The van der Waals surface area contributed by atoms with E-state index in [1.807, 2.05) is 12.3 Å². The summed E-state index contributed by atoms with van der Waals surface area (Å²) in [6.45, 7) is 9.03. The van der Waals surface area contributed by atoms with Crippen molar-refractivity contribution in [1.29, 1.82) is 0 Å². The van der Waals surface area contributed by atoms with Gasteiger partial charge in [-0.25, -0.2) is 4.98 Å². The van der Waals surface area contributed by atoms with Crippen LogP contribution in [0.4, 0.5) is 0 Å². The van der Waals surface area contributed by atoms with Gasteiger partial charge in [-0.05, 0) is 48.8 Å². The first-order valence-electron chi connectivity index (χ1n) is 9.00. The first-order valence-corrected chi connectivity index (χ1v) is 9.00. The molecule has 0 aliphatic carbocycles. The van der Waals surface area contributed by atoms with E-state index in [1.165, 1.54) is 36.2 Å². The van der Waals surface area contributed by atoms with E-state index in [1.54, 1.807) is 0 Å². The SMILES string of the molecule is CC1CC(C)CN(Cc2c([C@@H]3CCCO3)[nH]c3ncccc23)C1. The molecule has 4 heterocycles. The second kappa shape index (κ2) is 6.25. The van der Waals surface area contributed by atoms with Gasteiger partial charge in [0.05, 0.1) is 11.8 Å². The molecule has 4 heteroatoms. The predicted octanol–water partition coefficient (Wildman–Crippen LogP) is 3.89. The number of ether oxygens (including phenoxy) is 1. The summed E-state index contributed by atoms with van der Waals surface area (Å²) in [5.41, 5.74) is 3.68. The molecular formula is C19H27N3O. The number of likely N-dealkylation sites (tertiary alicyclic amines) is 1. The molecule has 0 amide bonds. The van der Waals surface area contributed by atoms with Crippen molar-refractivity contribution in [2.75, 3.05) is 19.7 Å². The number of aromatic amines is 1. The molecule has 4 rings (SSSR count). The fourth-order valence-corrected chi connectivity index (χ4v) is 4.49. The summed E-state index contributed by atoms with van der Waals surface area (Å²) < 4.78 is 5.96. The largest absolute Gasteiger partial charge is 0.372 e. The highest BCUT2D eigenvalue weighted by Crippen LogP contribution is 2.35. The number of nitrogens with one attached hydrogen (secondary N) is 1. The van der Waals surface area contributed by atoms with Crippen molar-refractivity contribution in [3.05, 3.63) is 29.6 Å². The second-order valence-electron chi connectivity index (χ2n) is 7.56. The van der Waals surface area contributed by atoms with Gasteiger partial charge in [0.25, 0.3) is 0 Å². The number of hydrogen-bond donors (Lipinski definition) is 1. The van der Waals surface area contributed by atoms with Crippen molar-refractivity contribution < 1.29 is 4.74 Å². The molecule has 0 saturated carbocycles. The molecule has 2 aliphatic rings. The van der Waals surface area contributed by atoms with Crippen LogP contribution >= 0.6 is 0 Å². The van der Waals surface area contributed by atoms with E-state index >= 15 is 0 Å². The summed E-state index contributed by atoms with van der Waals surface area (Å²) in [5, 5.41) is 1.27. The summed E-state index contributed by atoms with van der Waals surface area (Å²) in [5.74, 6) is 1.57.